The molecule has 0 aliphatic carbocycles. The van der Waals surface area contributed by atoms with Crippen molar-refractivity contribution in [1.29, 1.82) is 0 Å². The monoisotopic (exact) mass is 832 g/mol. The van der Waals surface area contributed by atoms with Crippen molar-refractivity contribution in [2.45, 2.75) is 212 Å². The van der Waals surface area contributed by atoms with Gasteiger partial charge in [0.2, 0.25) is 5.91 Å². The lowest BCUT2D eigenvalue weighted by Crippen LogP contribution is -2.46. The molecule has 1 amide bonds. The van der Waals surface area contributed by atoms with Gasteiger partial charge in [-0.15, -0.1) is 0 Å². The number of allylic oxidation sites excluding steroid dienone is 18. The van der Waals surface area contributed by atoms with E-state index in [1.807, 2.05) is 18.2 Å². The van der Waals surface area contributed by atoms with Crippen LogP contribution in [-0.2, 0) is 14.3 Å². The van der Waals surface area contributed by atoms with E-state index in [2.05, 4.69) is 117 Å². The molecule has 0 heterocycles. The van der Waals surface area contributed by atoms with E-state index in [1.54, 1.807) is 0 Å². The summed E-state index contributed by atoms with van der Waals surface area (Å²) >= 11 is 0. The molecule has 0 aliphatic rings. The molecule has 0 saturated heterocycles. The zero-order valence-electron chi connectivity index (χ0n) is 38.5. The van der Waals surface area contributed by atoms with Crippen molar-refractivity contribution in [3.63, 3.8) is 0 Å². The standard InChI is InChI=1S/C54H89NO5/c1-4-7-10-13-16-19-22-23-24-25-26-27-28-29-32-35-38-41-44-47-54(59)60-50(45-42-39-36-33-30-20-17-14-11-8-5-2)48-53(58)55-51(49-56)52(57)46-43-40-37-34-31-21-18-15-12-9-6-3/h7-8,10-11,14,16-17,19-20,23-24,26-27,29-30,32,38,41,50-52,56-57H,4-6,9,12-13,15,18,21-22,25,28,31,33-37,39-40,42-49H2,1-3H3,(H,55,58)/b10-7-,11-8+,17-14+,19-16-,24-23-,27-26-,30-20-,32-29-,41-38-. The number of esters is 1. The lowest BCUT2D eigenvalue weighted by Gasteiger charge is -2.24. The predicted molar refractivity (Wildman–Crippen MR) is 259 cm³/mol. The Labute approximate surface area is 368 Å². The molecule has 0 saturated carbocycles. The van der Waals surface area contributed by atoms with Gasteiger partial charge in [-0.1, -0.05) is 207 Å². The minimum Gasteiger partial charge on any atom is -0.462 e. The van der Waals surface area contributed by atoms with Gasteiger partial charge in [0.05, 0.1) is 25.2 Å². The number of hydrogen-bond donors (Lipinski definition) is 3. The summed E-state index contributed by atoms with van der Waals surface area (Å²) in [7, 11) is 0. The Balaban J connectivity index is 4.73. The van der Waals surface area contributed by atoms with E-state index in [4.69, 9.17) is 4.74 Å². The van der Waals surface area contributed by atoms with Crippen LogP contribution in [0.3, 0.4) is 0 Å². The third-order valence-corrected chi connectivity index (χ3v) is 10.2. The highest BCUT2D eigenvalue weighted by molar-refractivity contribution is 5.77. The number of rotatable bonds is 41. The highest BCUT2D eigenvalue weighted by atomic mass is 16.5. The summed E-state index contributed by atoms with van der Waals surface area (Å²) < 4.78 is 5.85. The van der Waals surface area contributed by atoms with Crippen molar-refractivity contribution < 1.29 is 24.5 Å². The summed E-state index contributed by atoms with van der Waals surface area (Å²) in [5, 5.41) is 23.6. The second-order valence-corrected chi connectivity index (χ2v) is 15.8. The molecular formula is C54H89NO5. The summed E-state index contributed by atoms with van der Waals surface area (Å²) in [6.45, 7) is 6.18. The molecule has 6 nitrogen and oxygen atoms in total. The fourth-order valence-corrected chi connectivity index (χ4v) is 6.57. The summed E-state index contributed by atoms with van der Waals surface area (Å²) in [6, 6.07) is -0.733. The molecule has 0 rings (SSSR count). The fraction of sp³-hybridized carbons (Fsp3) is 0.630. The molecule has 0 fully saturated rings. The summed E-state index contributed by atoms with van der Waals surface area (Å²) in [5.74, 6) is -0.622. The zero-order chi connectivity index (χ0) is 43.8. The third-order valence-electron chi connectivity index (χ3n) is 10.2. The second kappa shape index (κ2) is 46.6. The van der Waals surface area contributed by atoms with Crippen molar-refractivity contribution in [2.75, 3.05) is 6.61 Å². The van der Waals surface area contributed by atoms with Crippen LogP contribution in [0.5, 0.6) is 0 Å². The van der Waals surface area contributed by atoms with Gasteiger partial charge >= 0.3 is 5.97 Å². The summed E-state index contributed by atoms with van der Waals surface area (Å²) in [5.41, 5.74) is 0. The first kappa shape index (κ1) is 56.5. The molecule has 60 heavy (non-hydrogen) atoms. The predicted octanol–water partition coefficient (Wildman–Crippen LogP) is 14.3. The molecule has 0 radical (unpaired) electrons. The highest BCUT2D eigenvalue weighted by Gasteiger charge is 2.24. The first-order valence-corrected chi connectivity index (χ1v) is 24.1. The van der Waals surface area contributed by atoms with Gasteiger partial charge in [0, 0.05) is 6.42 Å². The molecule has 0 aromatic rings. The van der Waals surface area contributed by atoms with E-state index in [9.17, 15) is 19.8 Å². The van der Waals surface area contributed by atoms with Gasteiger partial charge < -0.3 is 20.3 Å². The van der Waals surface area contributed by atoms with Gasteiger partial charge in [-0.3, -0.25) is 9.59 Å². The van der Waals surface area contributed by atoms with Crippen LogP contribution in [-0.4, -0.2) is 46.9 Å². The van der Waals surface area contributed by atoms with Gasteiger partial charge in [0.1, 0.15) is 6.10 Å². The van der Waals surface area contributed by atoms with Crippen LogP contribution >= 0.6 is 0 Å². The molecular weight excluding hydrogens is 743 g/mol. The second-order valence-electron chi connectivity index (χ2n) is 15.8. The maximum Gasteiger partial charge on any atom is 0.306 e. The Bertz CT molecular complexity index is 1250. The molecule has 0 aliphatic heterocycles. The van der Waals surface area contributed by atoms with Crippen molar-refractivity contribution in [2.24, 2.45) is 0 Å². The fourth-order valence-electron chi connectivity index (χ4n) is 6.57. The van der Waals surface area contributed by atoms with Crippen molar-refractivity contribution in [3.05, 3.63) is 109 Å². The smallest absolute Gasteiger partial charge is 0.306 e. The first-order valence-electron chi connectivity index (χ1n) is 24.1. The average Bonchev–Trinajstić information content (AvgIpc) is 3.24. The van der Waals surface area contributed by atoms with Crippen LogP contribution in [0.15, 0.2) is 109 Å². The van der Waals surface area contributed by atoms with Gasteiger partial charge in [0.25, 0.3) is 0 Å². The summed E-state index contributed by atoms with van der Waals surface area (Å²) in [4.78, 5) is 26.0. The zero-order valence-corrected chi connectivity index (χ0v) is 38.5. The number of hydrogen-bond acceptors (Lipinski definition) is 5. The SMILES string of the molecule is CC/C=C\C/C=C\C/C=C\C/C=C\C/C=C\C/C=C\CCC(=O)OC(CCCCC\C=C/C=C/C=C/CC)CC(=O)NC(CO)C(O)CCCCCCCCCCCCC. The number of aliphatic hydroxyl groups is 2. The molecule has 0 aromatic carbocycles. The molecule has 0 bridgehead atoms. The van der Waals surface area contributed by atoms with Crippen LogP contribution in [0.2, 0.25) is 0 Å². The van der Waals surface area contributed by atoms with Crippen LogP contribution in [0.1, 0.15) is 194 Å². The maximum absolute atomic E-state index is 13.1. The Kier molecular flexibility index (Phi) is 43.9. The first-order chi connectivity index (χ1) is 29.5. The number of unbranched alkanes of at least 4 members (excludes halogenated alkanes) is 13. The third kappa shape index (κ3) is 41.3. The topological polar surface area (TPSA) is 95.9 Å². The molecule has 3 unspecified atom stereocenters. The van der Waals surface area contributed by atoms with Gasteiger partial charge in [-0.05, 0) is 83.5 Å². The molecule has 3 atom stereocenters. The normalized spacial score (nSPS) is 14.3. The Morgan fingerprint density at radius 2 is 0.983 bits per heavy atom. The Morgan fingerprint density at radius 3 is 1.52 bits per heavy atom. The Morgan fingerprint density at radius 1 is 0.517 bits per heavy atom. The molecule has 0 spiro atoms. The number of carbonyl (C=O) groups is 2. The van der Waals surface area contributed by atoms with Crippen molar-refractivity contribution in [1.82, 2.24) is 5.32 Å². The molecule has 6 heteroatoms. The van der Waals surface area contributed by atoms with Gasteiger partial charge in [-0.2, -0.15) is 0 Å². The van der Waals surface area contributed by atoms with Crippen LogP contribution in [0, 0.1) is 0 Å². The minimum absolute atomic E-state index is 0.0172. The van der Waals surface area contributed by atoms with Crippen LogP contribution in [0.4, 0.5) is 0 Å². The van der Waals surface area contributed by atoms with E-state index in [0.717, 1.165) is 89.9 Å². The lowest BCUT2D eigenvalue weighted by molar-refractivity contribution is -0.150. The van der Waals surface area contributed by atoms with E-state index in [-0.39, 0.29) is 31.3 Å². The van der Waals surface area contributed by atoms with Crippen LogP contribution in [0.25, 0.3) is 0 Å². The van der Waals surface area contributed by atoms with Crippen molar-refractivity contribution >= 4 is 11.9 Å². The van der Waals surface area contributed by atoms with E-state index in [1.165, 1.54) is 51.4 Å². The lowest BCUT2D eigenvalue weighted by atomic mass is 10.0. The molecule has 3 N–H and O–H groups in total. The van der Waals surface area contributed by atoms with E-state index in [0.29, 0.717) is 19.3 Å². The number of ether oxygens (including phenoxy) is 1. The highest BCUT2D eigenvalue weighted by Crippen LogP contribution is 2.16. The van der Waals surface area contributed by atoms with Crippen LogP contribution < -0.4 is 5.32 Å². The molecule has 340 valence electrons. The minimum atomic E-state index is -0.814. The molecule has 0 aromatic heterocycles. The van der Waals surface area contributed by atoms with Crippen molar-refractivity contribution in [3.8, 4) is 0 Å². The number of carbonyl (C=O) groups excluding carboxylic acids is 2. The number of amides is 1. The largest absolute Gasteiger partial charge is 0.462 e. The average molecular weight is 832 g/mol. The van der Waals surface area contributed by atoms with Gasteiger partial charge in [0.15, 0.2) is 0 Å². The van der Waals surface area contributed by atoms with Gasteiger partial charge in [-0.25, -0.2) is 0 Å². The quantitative estimate of drug-likeness (QED) is 0.0247. The number of aliphatic hydroxyl groups excluding tert-OH is 2. The number of nitrogens with one attached hydrogen (secondary N) is 1. The summed E-state index contributed by atoms with van der Waals surface area (Å²) in [6.07, 6.45) is 63.0. The van der Waals surface area contributed by atoms with E-state index >= 15 is 0 Å². The maximum atomic E-state index is 13.1. The van der Waals surface area contributed by atoms with E-state index < -0.39 is 18.2 Å². The Hall–Kier alpha value is -3.48.